The van der Waals surface area contributed by atoms with Gasteiger partial charge in [-0.15, -0.1) is 0 Å². The summed E-state index contributed by atoms with van der Waals surface area (Å²) >= 11 is 0. The van der Waals surface area contributed by atoms with E-state index in [-0.39, 0.29) is 30.9 Å². The number of amides is 3. The Morgan fingerprint density at radius 1 is 1.05 bits per heavy atom. The lowest BCUT2D eigenvalue weighted by Gasteiger charge is -2.41. The molecule has 0 radical (unpaired) electrons. The number of hydrogen-bond acceptors (Lipinski definition) is 5. The van der Waals surface area contributed by atoms with Crippen molar-refractivity contribution in [1.82, 2.24) is 14.7 Å². The molecular weight excluding hydrogens is 477 g/mol. The van der Waals surface area contributed by atoms with Gasteiger partial charge in [0.15, 0.2) is 0 Å². The quantitative estimate of drug-likeness (QED) is 0.591. The number of ether oxygens (including phenoxy) is 2. The molecule has 1 saturated heterocycles. The molecule has 3 rings (SSSR count). The first-order chi connectivity index (χ1) is 17.3. The molecule has 1 fully saturated rings. The first kappa shape index (κ1) is 28.0. The maximum absolute atomic E-state index is 14.5. The monoisotopic (exact) mass is 513 g/mol. The van der Waals surface area contributed by atoms with Crippen LogP contribution in [0.15, 0.2) is 42.5 Å². The Balaban J connectivity index is 1.82. The summed E-state index contributed by atoms with van der Waals surface area (Å²) in [4.78, 5) is 43.2. The zero-order valence-electron chi connectivity index (χ0n) is 22.6. The van der Waals surface area contributed by atoms with Crippen LogP contribution >= 0.6 is 0 Å². The van der Waals surface area contributed by atoms with E-state index in [1.165, 1.54) is 11.0 Å². The first-order valence-corrected chi connectivity index (χ1v) is 12.3. The molecule has 9 heteroatoms. The summed E-state index contributed by atoms with van der Waals surface area (Å²) in [6.07, 6.45) is -1.53. The molecule has 2 aromatic rings. The Hall–Kier alpha value is -3.62. The molecule has 2 atom stereocenters. The molecule has 0 aromatic heterocycles. The molecule has 0 aliphatic carbocycles. The first-order valence-electron chi connectivity index (χ1n) is 12.3. The molecule has 37 heavy (non-hydrogen) atoms. The number of hydrogen-bond donors (Lipinski definition) is 0. The van der Waals surface area contributed by atoms with E-state index in [1.54, 1.807) is 88.0 Å². The van der Waals surface area contributed by atoms with E-state index in [0.717, 1.165) is 0 Å². The molecule has 8 nitrogen and oxygen atoms in total. The van der Waals surface area contributed by atoms with Gasteiger partial charge in [-0.2, -0.15) is 0 Å². The van der Waals surface area contributed by atoms with Crippen LogP contribution in [0.2, 0.25) is 0 Å². The molecule has 1 aliphatic rings. The second-order valence-corrected chi connectivity index (χ2v) is 10.5. The molecule has 2 aromatic carbocycles. The van der Waals surface area contributed by atoms with Gasteiger partial charge in [0.05, 0.1) is 0 Å². The number of rotatable bonds is 5. The van der Waals surface area contributed by atoms with Crippen LogP contribution in [-0.4, -0.2) is 78.0 Å². The molecule has 0 bridgehead atoms. The minimum Gasteiger partial charge on any atom is -0.476 e. The standard InChI is InChI=1S/C28H36FN3O5/c1-18-8-9-21(16-23(18)29)24(36-22-12-10-20(11-13-22)25(33)30(6)7)26(34)31-14-15-32(19(2)17-31)27(35)37-28(3,4)5/h8-13,16,19,24H,14-15,17H2,1-7H3/t19-,24-/m1/s1. The zero-order valence-corrected chi connectivity index (χ0v) is 22.6. The molecule has 1 heterocycles. The fourth-order valence-electron chi connectivity index (χ4n) is 4.02. The highest BCUT2D eigenvalue weighted by Crippen LogP contribution is 2.27. The third-order valence-electron chi connectivity index (χ3n) is 6.05. The normalized spacial score (nSPS) is 16.7. The average Bonchev–Trinajstić information content (AvgIpc) is 2.82. The SMILES string of the molecule is Cc1ccc([C@@H](Oc2ccc(C(=O)N(C)C)cc2)C(=O)N2CCN(C(=O)OC(C)(C)C)[C@H](C)C2)cc1F. The van der Waals surface area contributed by atoms with Crippen molar-refractivity contribution >= 4 is 17.9 Å². The van der Waals surface area contributed by atoms with E-state index >= 15 is 0 Å². The summed E-state index contributed by atoms with van der Waals surface area (Å²) in [5.74, 6) is -0.562. The lowest BCUT2D eigenvalue weighted by molar-refractivity contribution is -0.142. The van der Waals surface area contributed by atoms with E-state index in [9.17, 15) is 18.8 Å². The summed E-state index contributed by atoms with van der Waals surface area (Å²) in [5, 5.41) is 0. The molecular formula is C28H36FN3O5. The maximum Gasteiger partial charge on any atom is 0.410 e. The third kappa shape index (κ3) is 6.99. The van der Waals surface area contributed by atoms with Crippen molar-refractivity contribution in [2.45, 2.75) is 52.4 Å². The lowest BCUT2D eigenvalue weighted by atomic mass is 10.0. The predicted octanol–water partition coefficient (Wildman–Crippen LogP) is 4.42. The van der Waals surface area contributed by atoms with Gasteiger partial charge in [0.2, 0.25) is 6.10 Å². The van der Waals surface area contributed by atoms with Crippen LogP contribution in [0.3, 0.4) is 0 Å². The van der Waals surface area contributed by atoms with Crippen molar-refractivity contribution in [1.29, 1.82) is 0 Å². The van der Waals surface area contributed by atoms with Crippen LogP contribution in [0, 0.1) is 12.7 Å². The number of carbonyl (C=O) groups excluding carboxylic acids is 3. The van der Waals surface area contributed by atoms with Gasteiger partial charge in [-0.1, -0.05) is 12.1 Å². The van der Waals surface area contributed by atoms with Crippen LogP contribution in [0.4, 0.5) is 9.18 Å². The van der Waals surface area contributed by atoms with Crippen LogP contribution in [-0.2, 0) is 9.53 Å². The fourth-order valence-corrected chi connectivity index (χ4v) is 4.02. The van der Waals surface area contributed by atoms with Crippen molar-refractivity contribution in [3.63, 3.8) is 0 Å². The van der Waals surface area contributed by atoms with Gasteiger partial charge in [0, 0.05) is 50.9 Å². The molecule has 0 saturated carbocycles. The Labute approximate surface area is 217 Å². The van der Waals surface area contributed by atoms with Crippen LogP contribution in [0.25, 0.3) is 0 Å². The number of piperazine rings is 1. The number of nitrogens with zero attached hydrogens (tertiary/aromatic N) is 3. The Morgan fingerprint density at radius 2 is 1.70 bits per heavy atom. The van der Waals surface area contributed by atoms with Crippen molar-refractivity contribution in [3.05, 3.63) is 65.0 Å². The maximum atomic E-state index is 14.5. The van der Waals surface area contributed by atoms with E-state index in [0.29, 0.717) is 29.0 Å². The van der Waals surface area contributed by atoms with Gasteiger partial charge >= 0.3 is 6.09 Å². The Morgan fingerprint density at radius 3 is 2.24 bits per heavy atom. The Kier molecular flexibility index (Phi) is 8.46. The largest absolute Gasteiger partial charge is 0.476 e. The highest BCUT2D eigenvalue weighted by Gasteiger charge is 2.36. The number of aryl methyl sites for hydroxylation is 1. The van der Waals surface area contributed by atoms with Gasteiger partial charge in [0.1, 0.15) is 17.2 Å². The van der Waals surface area contributed by atoms with Gasteiger partial charge in [-0.05, 0) is 70.5 Å². The fraction of sp³-hybridized carbons (Fsp3) is 0.464. The molecule has 200 valence electrons. The average molecular weight is 514 g/mol. The third-order valence-corrected chi connectivity index (χ3v) is 6.05. The molecule has 0 spiro atoms. The van der Waals surface area contributed by atoms with Crippen molar-refractivity contribution in [3.8, 4) is 5.75 Å². The smallest absolute Gasteiger partial charge is 0.410 e. The molecule has 0 unspecified atom stereocenters. The van der Waals surface area contributed by atoms with Crippen molar-refractivity contribution in [2.75, 3.05) is 33.7 Å². The van der Waals surface area contributed by atoms with E-state index in [4.69, 9.17) is 9.47 Å². The second kappa shape index (κ2) is 11.2. The zero-order chi connectivity index (χ0) is 27.5. The topological polar surface area (TPSA) is 79.4 Å². The number of halogens is 1. The highest BCUT2D eigenvalue weighted by molar-refractivity contribution is 5.94. The van der Waals surface area contributed by atoms with Gasteiger partial charge in [0.25, 0.3) is 11.8 Å². The van der Waals surface area contributed by atoms with Crippen molar-refractivity contribution < 1.29 is 28.2 Å². The van der Waals surface area contributed by atoms with Gasteiger partial charge in [-0.3, -0.25) is 9.59 Å². The van der Waals surface area contributed by atoms with Crippen LogP contribution in [0.5, 0.6) is 5.75 Å². The molecule has 0 N–H and O–H groups in total. The predicted molar refractivity (Wildman–Crippen MR) is 138 cm³/mol. The number of carbonyl (C=O) groups is 3. The second-order valence-electron chi connectivity index (χ2n) is 10.5. The minimum absolute atomic E-state index is 0.156. The molecule has 1 aliphatic heterocycles. The van der Waals surface area contributed by atoms with Crippen LogP contribution < -0.4 is 4.74 Å². The summed E-state index contributed by atoms with van der Waals surface area (Å²) < 4.78 is 26.0. The lowest BCUT2D eigenvalue weighted by Crippen LogP contribution is -2.57. The van der Waals surface area contributed by atoms with Crippen LogP contribution in [0.1, 0.15) is 55.3 Å². The summed E-state index contributed by atoms with van der Waals surface area (Å²) in [5.41, 5.74) is 0.698. The minimum atomic E-state index is -1.11. The summed E-state index contributed by atoms with van der Waals surface area (Å²) in [7, 11) is 3.33. The van der Waals surface area contributed by atoms with E-state index in [2.05, 4.69) is 0 Å². The van der Waals surface area contributed by atoms with E-state index in [1.807, 2.05) is 6.92 Å². The molecule has 3 amide bonds. The number of benzene rings is 2. The van der Waals surface area contributed by atoms with E-state index < -0.39 is 23.6 Å². The summed E-state index contributed by atoms with van der Waals surface area (Å²) in [6, 6.07) is 10.8. The van der Waals surface area contributed by atoms with Gasteiger partial charge in [-0.25, -0.2) is 9.18 Å². The highest BCUT2D eigenvalue weighted by atomic mass is 19.1. The van der Waals surface area contributed by atoms with Crippen molar-refractivity contribution in [2.24, 2.45) is 0 Å². The summed E-state index contributed by atoms with van der Waals surface area (Å²) in [6.45, 7) is 9.79. The Bertz CT molecular complexity index is 1140. The van der Waals surface area contributed by atoms with Gasteiger partial charge < -0.3 is 24.2 Å².